The zero-order valence-electron chi connectivity index (χ0n) is 12.2. The molecule has 0 aliphatic carbocycles. The van der Waals surface area contributed by atoms with Crippen molar-refractivity contribution in [1.29, 1.82) is 0 Å². The van der Waals surface area contributed by atoms with Crippen molar-refractivity contribution in [3.63, 3.8) is 0 Å². The molecule has 0 aromatic heterocycles. The van der Waals surface area contributed by atoms with Gasteiger partial charge in [-0.15, -0.1) is 0 Å². The number of benzene rings is 1. The summed E-state index contributed by atoms with van der Waals surface area (Å²) in [4.78, 5) is 12.2. The first-order valence-corrected chi connectivity index (χ1v) is 6.72. The number of hydrogen-bond acceptors (Lipinski definition) is 4. The predicted octanol–water partition coefficient (Wildman–Crippen LogP) is 2.40. The van der Waals surface area contributed by atoms with E-state index in [4.69, 9.17) is 9.47 Å². The van der Waals surface area contributed by atoms with E-state index in [1.165, 1.54) is 0 Å². The molecule has 1 aromatic carbocycles. The Labute approximate surface area is 119 Å². The molecule has 1 aliphatic rings. The van der Waals surface area contributed by atoms with Crippen LogP contribution in [0.5, 0.6) is 0 Å². The summed E-state index contributed by atoms with van der Waals surface area (Å²) in [6.45, 7) is 4.72. The summed E-state index contributed by atoms with van der Waals surface area (Å²) in [5, 5.41) is 3.32. The van der Waals surface area contributed by atoms with Crippen LogP contribution in [0.2, 0.25) is 0 Å². The number of rotatable bonds is 5. The molecule has 0 fully saturated rings. The first-order valence-electron chi connectivity index (χ1n) is 6.72. The van der Waals surface area contributed by atoms with Gasteiger partial charge in [0.2, 0.25) is 5.78 Å². The highest BCUT2D eigenvalue weighted by atomic mass is 16.5. The Morgan fingerprint density at radius 3 is 2.55 bits per heavy atom. The number of carbonyl (C=O) groups excluding carboxylic acids is 1. The largest absolute Gasteiger partial charge is 0.483 e. The Morgan fingerprint density at radius 1 is 1.20 bits per heavy atom. The molecule has 4 heteroatoms. The van der Waals surface area contributed by atoms with Crippen molar-refractivity contribution < 1.29 is 14.3 Å². The number of nitrogens with one attached hydrogen (secondary N) is 1. The summed E-state index contributed by atoms with van der Waals surface area (Å²) in [5.74, 6) is 0.423. The quantitative estimate of drug-likeness (QED) is 0.896. The molecule has 0 radical (unpaired) electrons. The number of carbonyl (C=O) groups is 1. The first-order chi connectivity index (χ1) is 9.52. The Kier molecular flexibility index (Phi) is 4.45. The fourth-order valence-electron chi connectivity index (χ4n) is 2.30. The van der Waals surface area contributed by atoms with Crippen molar-refractivity contribution in [3.8, 4) is 0 Å². The van der Waals surface area contributed by atoms with Gasteiger partial charge in [-0.25, -0.2) is 0 Å². The Hall–Kier alpha value is -1.81. The van der Waals surface area contributed by atoms with Gasteiger partial charge < -0.3 is 14.8 Å². The second-order valence-electron chi connectivity index (χ2n) is 5.62. The average molecular weight is 275 g/mol. The van der Waals surface area contributed by atoms with E-state index >= 15 is 0 Å². The van der Waals surface area contributed by atoms with Gasteiger partial charge in [-0.2, -0.15) is 0 Å². The molecular weight excluding hydrogens is 254 g/mol. The van der Waals surface area contributed by atoms with Gasteiger partial charge in [-0.3, -0.25) is 4.79 Å². The minimum atomic E-state index is -0.259. The zero-order chi connectivity index (χ0) is 14.6. The molecule has 20 heavy (non-hydrogen) atoms. The molecule has 2 rings (SSSR count). The van der Waals surface area contributed by atoms with Crippen molar-refractivity contribution in [3.05, 3.63) is 47.4 Å². The van der Waals surface area contributed by atoms with E-state index in [0.717, 1.165) is 11.3 Å². The summed E-state index contributed by atoms with van der Waals surface area (Å²) in [6.07, 6.45) is 0.421. The maximum Gasteiger partial charge on any atom is 0.201 e. The van der Waals surface area contributed by atoms with E-state index in [2.05, 4.69) is 5.32 Å². The van der Waals surface area contributed by atoms with Gasteiger partial charge in [0.1, 0.15) is 6.61 Å². The smallest absolute Gasteiger partial charge is 0.201 e. The Bertz CT molecular complexity index is 506. The normalized spacial score (nSPS) is 17.9. The van der Waals surface area contributed by atoms with Gasteiger partial charge in [0.25, 0.3) is 0 Å². The van der Waals surface area contributed by atoms with Gasteiger partial charge in [0.05, 0.1) is 12.3 Å². The molecule has 1 aromatic rings. The number of ether oxygens (including phenoxy) is 2. The summed E-state index contributed by atoms with van der Waals surface area (Å²) < 4.78 is 10.9. The summed E-state index contributed by atoms with van der Waals surface area (Å²) in [7, 11) is 1.61. The van der Waals surface area contributed by atoms with Crippen molar-refractivity contribution in [1.82, 2.24) is 5.32 Å². The number of allylic oxidation sites excluding steroid dienone is 1. The van der Waals surface area contributed by atoms with Gasteiger partial charge in [-0.1, -0.05) is 30.3 Å². The van der Waals surface area contributed by atoms with E-state index in [1.54, 1.807) is 7.11 Å². The standard InChI is InChI=1S/C16H21NO3/c1-16(2)9-14(18)15(13(17-16)11-19-3)20-10-12-7-5-4-6-8-12/h4-8,17H,9-11H2,1-3H3. The lowest BCUT2D eigenvalue weighted by Crippen LogP contribution is -2.47. The second kappa shape index (κ2) is 6.09. The van der Waals surface area contributed by atoms with Crippen molar-refractivity contribution in [2.75, 3.05) is 13.7 Å². The predicted molar refractivity (Wildman–Crippen MR) is 77.0 cm³/mol. The number of Topliss-reactive ketones (excluding diaryl/α,β-unsaturated/α-hetero) is 1. The third kappa shape index (κ3) is 3.61. The van der Waals surface area contributed by atoms with Crippen LogP contribution in [0.4, 0.5) is 0 Å². The Morgan fingerprint density at radius 2 is 1.90 bits per heavy atom. The molecule has 0 unspecified atom stereocenters. The lowest BCUT2D eigenvalue weighted by molar-refractivity contribution is -0.121. The van der Waals surface area contributed by atoms with E-state index in [0.29, 0.717) is 25.4 Å². The first kappa shape index (κ1) is 14.6. The van der Waals surface area contributed by atoms with Crippen LogP contribution in [0.15, 0.2) is 41.8 Å². The third-order valence-electron chi connectivity index (χ3n) is 3.13. The molecule has 0 atom stereocenters. The van der Waals surface area contributed by atoms with Gasteiger partial charge in [-0.05, 0) is 19.4 Å². The Balaban J connectivity index is 2.15. The van der Waals surface area contributed by atoms with Crippen LogP contribution >= 0.6 is 0 Å². The van der Waals surface area contributed by atoms with Crippen molar-refractivity contribution in [2.24, 2.45) is 0 Å². The maximum atomic E-state index is 12.2. The molecule has 0 bridgehead atoms. The van der Waals surface area contributed by atoms with E-state index in [9.17, 15) is 4.79 Å². The van der Waals surface area contributed by atoms with Crippen LogP contribution in [0.1, 0.15) is 25.8 Å². The monoisotopic (exact) mass is 275 g/mol. The highest BCUT2D eigenvalue weighted by Gasteiger charge is 2.33. The van der Waals surface area contributed by atoms with Crippen LogP contribution in [-0.2, 0) is 20.9 Å². The molecular formula is C16H21NO3. The van der Waals surface area contributed by atoms with Gasteiger partial charge in [0, 0.05) is 19.1 Å². The molecule has 1 aliphatic heterocycles. The number of methoxy groups -OCH3 is 1. The summed E-state index contributed by atoms with van der Waals surface area (Å²) in [5.41, 5.74) is 1.50. The zero-order valence-corrected chi connectivity index (χ0v) is 12.2. The van der Waals surface area contributed by atoms with Crippen LogP contribution < -0.4 is 5.32 Å². The SMILES string of the molecule is COCC1=C(OCc2ccccc2)C(=O)CC(C)(C)N1. The average Bonchev–Trinajstić information content (AvgIpc) is 2.38. The summed E-state index contributed by atoms with van der Waals surface area (Å²) >= 11 is 0. The minimum Gasteiger partial charge on any atom is -0.483 e. The van der Waals surface area contributed by atoms with E-state index in [-0.39, 0.29) is 11.3 Å². The minimum absolute atomic E-state index is 0.0248. The number of ketones is 1. The topological polar surface area (TPSA) is 47.6 Å². The van der Waals surface area contributed by atoms with Crippen LogP contribution in [0.3, 0.4) is 0 Å². The summed E-state index contributed by atoms with van der Waals surface area (Å²) in [6, 6.07) is 9.80. The second-order valence-corrected chi connectivity index (χ2v) is 5.62. The van der Waals surface area contributed by atoms with Crippen LogP contribution in [-0.4, -0.2) is 25.0 Å². The molecule has 0 saturated heterocycles. The van der Waals surface area contributed by atoms with Crippen LogP contribution in [0, 0.1) is 0 Å². The van der Waals surface area contributed by atoms with Crippen molar-refractivity contribution in [2.45, 2.75) is 32.4 Å². The number of hydrogen-bond donors (Lipinski definition) is 1. The molecule has 0 saturated carbocycles. The van der Waals surface area contributed by atoms with Gasteiger partial charge in [0.15, 0.2) is 5.76 Å². The van der Waals surface area contributed by atoms with Gasteiger partial charge >= 0.3 is 0 Å². The molecule has 1 N–H and O–H groups in total. The van der Waals surface area contributed by atoms with E-state index < -0.39 is 0 Å². The maximum absolute atomic E-state index is 12.2. The van der Waals surface area contributed by atoms with Crippen molar-refractivity contribution >= 4 is 5.78 Å². The molecule has 0 spiro atoms. The molecule has 1 heterocycles. The highest BCUT2D eigenvalue weighted by molar-refractivity contribution is 5.95. The molecule has 108 valence electrons. The fraction of sp³-hybridized carbons (Fsp3) is 0.438. The third-order valence-corrected chi connectivity index (χ3v) is 3.13. The van der Waals surface area contributed by atoms with Crippen LogP contribution in [0.25, 0.3) is 0 Å². The fourth-order valence-corrected chi connectivity index (χ4v) is 2.30. The van der Waals surface area contributed by atoms with E-state index in [1.807, 2.05) is 44.2 Å². The lowest BCUT2D eigenvalue weighted by atomic mass is 9.92. The highest BCUT2D eigenvalue weighted by Crippen LogP contribution is 2.24. The lowest BCUT2D eigenvalue weighted by Gasteiger charge is -2.34. The molecule has 4 nitrogen and oxygen atoms in total. The molecule has 0 amide bonds.